The summed E-state index contributed by atoms with van der Waals surface area (Å²) in [6, 6.07) is 7.88. The maximum atomic E-state index is 5.63. The third-order valence-corrected chi connectivity index (χ3v) is 2.81. The first-order valence-corrected chi connectivity index (χ1v) is 5.63. The van der Waals surface area contributed by atoms with E-state index in [9.17, 15) is 0 Å². The summed E-state index contributed by atoms with van der Waals surface area (Å²) in [4.78, 5) is 0.445. The van der Waals surface area contributed by atoms with Gasteiger partial charge in [0.1, 0.15) is 4.99 Å². The van der Waals surface area contributed by atoms with Crippen molar-refractivity contribution in [2.24, 2.45) is 11.7 Å². The van der Waals surface area contributed by atoms with Gasteiger partial charge in [-0.3, -0.25) is 0 Å². The molecule has 1 aromatic rings. The van der Waals surface area contributed by atoms with Crippen LogP contribution in [0.1, 0.15) is 24.0 Å². The lowest BCUT2D eigenvalue weighted by Crippen LogP contribution is -2.13. The van der Waals surface area contributed by atoms with Crippen molar-refractivity contribution < 1.29 is 4.74 Å². The van der Waals surface area contributed by atoms with E-state index < -0.39 is 0 Å². The van der Waals surface area contributed by atoms with Crippen molar-refractivity contribution in [3.63, 3.8) is 0 Å². The van der Waals surface area contributed by atoms with E-state index in [1.165, 1.54) is 12.8 Å². The van der Waals surface area contributed by atoms with Crippen LogP contribution in [0.25, 0.3) is 0 Å². The molecule has 2 nitrogen and oxygen atoms in total. The third kappa shape index (κ3) is 3.01. The number of hydrogen-bond acceptors (Lipinski definition) is 2. The molecule has 1 aliphatic carbocycles. The lowest BCUT2D eigenvalue weighted by Gasteiger charge is -2.08. The highest BCUT2D eigenvalue weighted by Crippen LogP contribution is 2.29. The molecule has 0 saturated heterocycles. The fraction of sp³-hybridized carbons (Fsp3) is 0.417. The van der Waals surface area contributed by atoms with E-state index in [1.54, 1.807) is 0 Å². The second kappa shape index (κ2) is 4.73. The van der Waals surface area contributed by atoms with Gasteiger partial charge >= 0.3 is 0 Å². The molecule has 2 rings (SSSR count). The first-order chi connectivity index (χ1) is 7.27. The van der Waals surface area contributed by atoms with Crippen molar-refractivity contribution in [2.75, 3.05) is 6.61 Å². The summed E-state index contributed by atoms with van der Waals surface area (Å²) in [5.41, 5.74) is 7.66. The molecule has 15 heavy (non-hydrogen) atoms. The average molecular weight is 221 g/mol. The van der Waals surface area contributed by atoms with Gasteiger partial charge in [-0.15, -0.1) is 0 Å². The van der Waals surface area contributed by atoms with Gasteiger partial charge in [0, 0.05) is 12.2 Å². The molecule has 0 bridgehead atoms. The van der Waals surface area contributed by atoms with Crippen molar-refractivity contribution in [2.45, 2.75) is 19.4 Å². The number of benzene rings is 1. The van der Waals surface area contributed by atoms with Crippen molar-refractivity contribution in [3.8, 4) is 0 Å². The molecule has 3 heteroatoms. The molecule has 2 N–H and O–H groups in total. The van der Waals surface area contributed by atoms with Crippen LogP contribution in [0, 0.1) is 5.92 Å². The maximum Gasteiger partial charge on any atom is 0.104 e. The molecule has 80 valence electrons. The average Bonchev–Trinajstić information content (AvgIpc) is 3.02. The maximum absolute atomic E-state index is 5.63. The summed E-state index contributed by atoms with van der Waals surface area (Å²) >= 11 is 4.99. The first kappa shape index (κ1) is 10.6. The molecule has 1 aromatic carbocycles. The van der Waals surface area contributed by atoms with E-state index in [0.717, 1.165) is 23.7 Å². The van der Waals surface area contributed by atoms with Gasteiger partial charge in [-0.05, 0) is 24.3 Å². The molecule has 0 radical (unpaired) electrons. The highest BCUT2D eigenvalue weighted by atomic mass is 32.1. The molecule has 0 atom stereocenters. The van der Waals surface area contributed by atoms with Gasteiger partial charge in [0.15, 0.2) is 0 Å². The Bertz CT molecular complexity index is 360. The highest BCUT2D eigenvalue weighted by molar-refractivity contribution is 7.80. The lowest BCUT2D eigenvalue weighted by atomic mass is 10.1. The van der Waals surface area contributed by atoms with E-state index in [4.69, 9.17) is 22.7 Å². The minimum absolute atomic E-state index is 0.445. The zero-order valence-corrected chi connectivity index (χ0v) is 9.43. The lowest BCUT2D eigenvalue weighted by molar-refractivity contribution is 0.111. The molecule has 0 aliphatic heterocycles. The second-order valence-electron chi connectivity index (χ2n) is 3.98. The van der Waals surface area contributed by atoms with Crippen LogP contribution in [0.2, 0.25) is 0 Å². The highest BCUT2D eigenvalue weighted by Gasteiger charge is 2.21. The van der Waals surface area contributed by atoms with E-state index in [0.29, 0.717) is 11.6 Å². The monoisotopic (exact) mass is 221 g/mol. The Hall–Kier alpha value is -0.930. The van der Waals surface area contributed by atoms with E-state index >= 15 is 0 Å². The molecule has 0 amide bonds. The molecular formula is C12H15NOS. The third-order valence-electron chi connectivity index (χ3n) is 2.59. The standard InChI is InChI=1S/C12H15NOS/c13-12(15)11-4-2-1-3-10(11)8-14-7-9-5-6-9/h1-4,9H,5-8H2,(H2,13,15). The summed E-state index contributed by atoms with van der Waals surface area (Å²) in [7, 11) is 0. The summed E-state index contributed by atoms with van der Waals surface area (Å²) < 4.78 is 5.62. The van der Waals surface area contributed by atoms with Gasteiger partial charge in [0.05, 0.1) is 6.61 Å². The molecule has 1 saturated carbocycles. The summed E-state index contributed by atoms with van der Waals surface area (Å²) in [5.74, 6) is 0.794. The molecule has 0 aromatic heterocycles. The van der Waals surface area contributed by atoms with Crippen molar-refractivity contribution in [1.82, 2.24) is 0 Å². The molecule has 0 heterocycles. The molecule has 1 fully saturated rings. The minimum atomic E-state index is 0.445. The normalized spacial score (nSPS) is 15.2. The van der Waals surface area contributed by atoms with Crippen LogP contribution < -0.4 is 5.73 Å². The Morgan fingerprint density at radius 3 is 2.80 bits per heavy atom. The van der Waals surface area contributed by atoms with Gasteiger partial charge in [-0.2, -0.15) is 0 Å². The topological polar surface area (TPSA) is 35.2 Å². The smallest absolute Gasteiger partial charge is 0.104 e. The van der Waals surface area contributed by atoms with E-state index in [-0.39, 0.29) is 0 Å². The Balaban J connectivity index is 1.95. The SMILES string of the molecule is NC(=S)c1ccccc1COCC1CC1. The predicted octanol–water partition coefficient (Wildman–Crippen LogP) is 2.25. The van der Waals surface area contributed by atoms with E-state index in [2.05, 4.69) is 0 Å². The quantitative estimate of drug-likeness (QED) is 0.775. The van der Waals surface area contributed by atoms with Gasteiger partial charge in [-0.25, -0.2) is 0 Å². The molecular weight excluding hydrogens is 206 g/mol. The zero-order chi connectivity index (χ0) is 10.7. The van der Waals surface area contributed by atoms with Crippen LogP contribution in [-0.2, 0) is 11.3 Å². The van der Waals surface area contributed by atoms with Crippen LogP contribution >= 0.6 is 12.2 Å². The Morgan fingerprint density at radius 2 is 2.13 bits per heavy atom. The Labute approximate surface area is 95.4 Å². The Morgan fingerprint density at radius 1 is 1.40 bits per heavy atom. The minimum Gasteiger partial charge on any atom is -0.389 e. The number of thiocarbonyl (C=S) groups is 1. The van der Waals surface area contributed by atoms with Crippen molar-refractivity contribution in [1.29, 1.82) is 0 Å². The molecule has 0 unspecified atom stereocenters. The van der Waals surface area contributed by atoms with Crippen molar-refractivity contribution >= 4 is 17.2 Å². The van der Waals surface area contributed by atoms with E-state index in [1.807, 2.05) is 24.3 Å². The van der Waals surface area contributed by atoms with Crippen LogP contribution in [0.4, 0.5) is 0 Å². The largest absolute Gasteiger partial charge is 0.389 e. The zero-order valence-electron chi connectivity index (χ0n) is 8.61. The second-order valence-corrected chi connectivity index (χ2v) is 4.42. The van der Waals surface area contributed by atoms with Crippen LogP contribution in [0.5, 0.6) is 0 Å². The van der Waals surface area contributed by atoms with Crippen LogP contribution in [0.3, 0.4) is 0 Å². The van der Waals surface area contributed by atoms with Gasteiger partial charge < -0.3 is 10.5 Å². The van der Waals surface area contributed by atoms with Crippen LogP contribution in [0.15, 0.2) is 24.3 Å². The predicted molar refractivity (Wildman–Crippen MR) is 64.7 cm³/mol. The Kier molecular flexibility index (Phi) is 3.34. The van der Waals surface area contributed by atoms with Crippen molar-refractivity contribution in [3.05, 3.63) is 35.4 Å². The molecule has 0 spiro atoms. The van der Waals surface area contributed by atoms with Gasteiger partial charge in [0.2, 0.25) is 0 Å². The summed E-state index contributed by atoms with van der Waals surface area (Å²) in [6.07, 6.45) is 2.63. The first-order valence-electron chi connectivity index (χ1n) is 5.23. The fourth-order valence-electron chi connectivity index (χ4n) is 1.51. The van der Waals surface area contributed by atoms with Gasteiger partial charge in [-0.1, -0.05) is 36.5 Å². The summed E-state index contributed by atoms with van der Waals surface area (Å²) in [5, 5.41) is 0. The number of rotatable bonds is 5. The van der Waals surface area contributed by atoms with Crippen LogP contribution in [-0.4, -0.2) is 11.6 Å². The number of nitrogens with two attached hydrogens (primary N) is 1. The van der Waals surface area contributed by atoms with Gasteiger partial charge in [0.25, 0.3) is 0 Å². The summed E-state index contributed by atoms with van der Waals surface area (Å²) in [6.45, 7) is 1.48. The number of ether oxygens (including phenoxy) is 1. The molecule has 1 aliphatic rings. The number of hydrogen-bond donors (Lipinski definition) is 1. The fourth-order valence-corrected chi connectivity index (χ4v) is 1.71.